The van der Waals surface area contributed by atoms with Crippen molar-refractivity contribution in [2.45, 2.75) is 51.6 Å². The highest BCUT2D eigenvalue weighted by atomic mass is 16.4. The lowest BCUT2D eigenvalue weighted by Gasteiger charge is -2.31. The van der Waals surface area contributed by atoms with E-state index in [2.05, 4.69) is 22.4 Å². The molecule has 2 atom stereocenters. The Kier molecular flexibility index (Phi) is 5.35. The van der Waals surface area contributed by atoms with Gasteiger partial charge < -0.3 is 16.3 Å². The number of hydrogen-bond acceptors (Lipinski definition) is 4. The third kappa shape index (κ3) is 3.48. The fourth-order valence-electron chi connectivity index (χ4n) is 3.07. The maximum atomic E-state index is 8.81. The van der Waals surface area contributed by atoms with Crippen molar-refractivity contribution in [1.29, 1.82) is 0 Å². The van der Waals surface area contributed by atoms with Gasteiger partial charge in [-0.1, -0.05) is 37.4 Å². The number of rotatable bonds is 5. The smallest absolute Gasteiger partial charge is 0.189 e. The first-order valence-corrected chi connectivity index (χ1v) is 7.41. The highest BCUT2D eigenvalue weighted by Gasteiger charge is 2.23. The molecule has 5 nitrogen and oxygen atoms in total. The van der Waals surface area contributed by atoms with Crippen molar-refractivity contribution in [1.82, 2.24) is 10.3 Å². The fourth-order valence-corrected chi connectivity index (χ4v) is 3.07. The highest BCUT2D eigenvalue weighted by molar-refractivity contribution is 5.96. The predicted molar refractivity (Wildman–Crippen MR) is 79.6 cm³/mol. The second kappa shape index (κ2) is 7.24. The average molecular weight is 276 g/mol. The van der Waals surface area contributed by atoms with Crippen molar-refractivity contribution in [3.05, 3.63) is 29.6 Å². The molecule has 1 aromatic heterocycles. The topological polar surface area (TPSA) is 83.5 Å². The average Bonchev–Trinajstić information content (AvgIpc) is 2.52. The van der Waals surface area contributed by atoms with Gasteiger partial charge in [-0.15, -0.1) is 0 Å². The molecule has 5 heteroatoms. The molecule has 2 rings (SSSR count). The maximum Gasteiger partial charge on any atom is 0.189 e. The Bertz CT molecular complexity index is 461. The molecule has 20 heavy (non-hydrogen) atoms. The van der Waals surface area contributed by atoms with Crippen LogP contribution in [0.25, 0.3) is 0 Å². The van der Waals surface area contributed by atoms with Gasteiger partial charge in [0.15, 0.2) is 5.84 Å². The molecule has 1 aliphatic rings. The molecule has 0 spiro atoms. The molecule has 1 aliphatic carbocycles. The first-order chi connectivity index (χ1) is 9.76. The monoisotopic (exact) mass is 276 g/mol. The number of nitrogens with two attached hydrogens (primary N) is 1. The van der Waals surface area contributed by atoms with Gasteiger partial charge in [0.05, 0.1) is 0 Å². The van der Waals surface area contributed by atoms with E-state index in [-0.39, 0.29) is 5.84 Å². The van der Waals surface area contributed by atoms with Gasteiger partial charge in [-0.25, -0.2) is 0 Å². The Morgan fingerprint density at radius 2 is 2.30 bits per heavy atom. The van der Waals surface area contributed by atoms with E-state index in [1.807, 2.05) is 12.1 Å². The largest absolute Gasteiger partial charge is 0.409 e. The molecule has 0 aliphatic heterocycles. The van der Waals surface area contributed by atoms with E-state index < -0.39 is 0 Å². The van der Waals surface area contributed by atoms with E-state index in [0.717, 1.165) is 11.5 Å². The molecule has 1 aromatic rings. The van der Waals surface area contributed by atoms with Crippen molar-refractivity contribution < 1.29 is 5.21 Å². The van der Waals surface area contributed by atoms with E-state index in [1.54, 1.807) is 6.20 Å². The Morgan fingerprint density at radius 1 is 1.50 bits per heavy atom. The van der Waals surface area contributed by atoms with Crippen molar-refractivity contribution >= 4 is 5.84 Å². The number of oxime groups is 1. The number of aromatic nitrogens is 1. The van der Waals surface area contributed by atoms with Crippen LogP contribution < -0.4 is 11.1 Å². The molecule has 1 heterocycles. The van der Waals surface area contributed by atoms with E-state index in [4.69, 9.17) is 10.9 Å². The van der Waals surface area contributed by atoms with Crippen molar-refractivity contribution in [3.8, 4) is 0 Å². The molecule has 0 saturated heterocycles. The summed E-state index contributed by atoms with van der Waals surface area (Å²) < 4.78 is 0. The summed E-state index contributed by atoms with van der Waals surface area (Å²) in [5, 5.41) is 15.5. The number of hydrogen-bond donors (Lipinski definition) is 3. The SMILES string of the molecule is CCC1CCCCC1NCc1cccnc1C(N)=NO. The highest BCUT2D eigenvalue weighted by Crippen LogP contribution is 2.27. The third-order valence-electron chi connectivity index (χ3n) is 4.23. The molecule has 110 valence electrons. The molecule has 1 fully saturated rings. The van der Waals surface area contributed by atoms with Gasteiger partial charge in [-0.05, 0) is 30.4 Å². The quantitative estimate of drug-likeness (QED) is 0.333. The third-order valence-corrected chi connectivity index (χ3v) is 4.23. The van der Waals surface area contributed by atoms with Gasteiger partial charge in [0, 0.05) is 18.8 Å². The summed E-state index contributed by atoms with van der Waals surface area (Å²) in [6, 6.07) is 4.41. The van der Waals surface area contributed by atoms with Gasteiger partial charge in [0.2, 0.25) is 0 Å². The maximum absolute atomic E-state index is 8.81. The minimum Gasteiger partial charge on any atom is -0.409 e. The van der Waals surface area contributed by atoms with Crippen LogP contribution >= 0.6 is 0 Å². The summed E-state index contributed by atoms with van der Waals surface area (Å²) in [4.78, 5) is 4.20. The summed E-state index contributed by atoms with van der Waals surface area (Å²) in [7, 11) is 0. The van der Waals surface area contributed by atoms with Crippen LogP contribution in [-0.2, 0) is 6.54 Å². The van der Waals surface area contributed by atoms with Gasteiger partial charge in [-0.3, -0.25) is 4.98 Å². The summed E-state index contributed by atoms with van der Waals surface area (Å²) >= 11 is 0. The molecular formula is C15H24N4O. The zero-order valence-corrected chi connectivity index (χ0v) is 12.0. The zero-order chi connectivity index (χ0) is 14.4. The molecule has 0 aromatic carbocycles. The van der Waals surface area contributed by atoms with E-state index >= 15 is 0 Å². The molecule has 0 bridgehead atoms. The van der Waals surface area contributed by atoms with E-state index in [0.29, 0.717) is 18.3 Å². The lowest BCUT2D eigenvalue weighted by atomic mass is 9.83. The predicted octanol–water partition coefficient (Wildman–Crippen LogP) is 2.23. The second-order valence-electron chi connectivity index (χ2n) is 5.44. The Morgan fingerprint density at radius 3 is 3.05 bits per heavy atom. The van der Waals surface area contributed by atoms with Crippen LogP contribution in [0.2, 0.25) is 0 Å². The molecule has 0 amide bonds. The zero-order valence-electron chi connectivity index (χ0n) is 12.0. The lowest BCUT2D eigenvalue weighted by molar-refractivity contribution is 0.254. The fraction of sp³-hybridized carbons (Fsp3) is 0.600. The van der Waals surface area contributed by atoms with E-state index in [1.165, 1.54) is 32.1 Å². The van der Waals surface area contributed by atoms with Crippen molar-refractivity contribution in [3.63, 3.8) is 0 Å². The Labute approximate surface area is 120 Å². The van der Waals surface area contributed by atoms with Crippen LogP contribution in [0.5, 0.6) is 0 Å². The minimum absolute atomic E-state index is 0.0677. The Hall–Kier alpha value is -1.62. The minimum atomic E-state index is 0.0677. The number of pyridine rings is 1. The van der Waals surface area contributed by atoms with Crippen LogP contribution in [0.15, 0.2) is 23.5 Å². The van der Waals surface area contributed by atoms with Crippen LogP contribution in [0, 0.1) is 5.92 Å². The molecule has 2 unspecified atom stereocenters. The van der Waals surface area contributed by atoms with Crippen LogP contribution in [-0.4, -0.2) is 22.1 Å². The number of nitrogens with zero attached hydrogens (tertiary/aromatic N) is 2. The second-order valence-corrected chi connectivity index (χ2v) is 5.44. The van der Waals surface area contributed by atoms with Gasteiger partial charge in [0.25, 0.3) is 0 Å². The van der Waals surface area contributed by atoms with Gasteiger partial charge >= 0.3 is 0 Å². The standard InChI is InChI=1S/C15H24N4O/c1-2-11-6-3-4-8-13(11)18-10-12-7-5-9-17-14(12)15(16)19-20/h5,7,9,11,13,18,20H,2-4,6,8,10H2,1H3,(H2,16,19). The Balaban J connectivity index is 2.03. The summed E-state index contributed by atoms with van der Waals surface area (Å²) in [5.74, 6) is 0.825. The number of amidine groups is 1. The molecular weight excluding hydrogens is 252 g/mol. The first kappa shape index (κ1) is 14.8. The normalized spacial score (nSPS) is 23.8. The summed E-state index contributed by atoms with van der Waals surface area (Å²) in [6.07, 6.45) is 8.07. The summed E-state index contributed by atoms with van der Waals surface area (Å²) in [6.45, 7) is 2.97. The first-order valence-electron chi connectivity index (χ1n) is 7.41. The summed E-state index contributed by atoms with van der Waals surface area (Å²) in [5.41, 5.74) is 7.20. The number of nitrogens with one attached hydrogen (secondary N) is 1. The van der Waals surface area contributed by atoms with Gasteiger partial charge in [0.1, 0.15) is 5.69 Å². The molecule has 4 N–H and O–H groups in total. The van der Waals surface area contributed by atoms with Crippen molar-refractivity contribution in [2.75, 3.05) is 0 Å². The van der Waals surface area contributed by atoms with Crippen LogP contribution in [0.1, 0.15) is 50.3 Å². The molecule has 1 saturated carbocycles. The van der Waals surface area contributed by atoms with Gasteiger partial charge in [-0.2, -0.15) is 0 Å². The van der Waals surface area contributed by atoms with E-state index in [9.17, 15) is 0 Å². The van der Waals surface area contributed by atoms with Crippen molar-refractivity contribution in [2.24, 2.45) is 16.8 Å². The van der Waals surface area contributed by atoms with Crippen LogP contribution in [0.4, 0.5) is 0 Å². The lowest BCUT2D eigenvalue weighted by Crippen LogP contribution is -2.38. The molecule has 0 radical (unpaired) electrons. The van der Waals surface area contributed by atoms with Crippen LogP contribution in [0.3, 0.4) is 0 Å².